The maximum absolute atomic E-state index is 11.8. The molecular weight excluding hydrogens is 216 g/mol. The highest BCUT2D eigenvalue weighted by atomic mass is 16.5. The molecule has 0 bridgehead atoms. The number of Topliss-reactive ketones (excluding diaryl/α,β-unsaturated/α-hetero) is 1. The summed E-state index contributed by atoms with van der Waals surface area (Å²) in [5.74, 6) is -0.0755. The Labute approximate surface area is 101 Å². The fourth-order valence-electron chi connectivity index (χ4n) is 2.10. The summed E-state index contributed by atoms with van der Waals surface area (Å²) >= 11 is 0. The molecule has 0 amide bonds. The Morgan fingerprint density at radius 2 is 2.00 bits per heavy atom. The summed E-state index contributed by atoms with van der Waals surface area (Å²) in [4.78, 5) is 23.0. The zero-order valence-corrected chi connectivity index (χ0v) is 9.89. The van der Waals surface area contributed by atoms with Crippen molar-refractivity contribution in [3.63, 3.8) is 0 Å². The molecule has 2 rings (SSSR count). The molecule has 1 saturated carbocycles. The van der Waals surface area contributed by atoms with Gasteiger partial charge in [0.05, 0.1) is 6.61 Å². The minimum atomic E-state index is -0.406. The van der Waals surface area contributed by atoms with Gasteiger partial charge in [-0.2, -0.15) is 0 Å². The molecule has 3 nitrogen and oxygen atoms in total. The predicted molar refractivity (Wildman–Crippen MR) is 63.5 cm³/mol. The first-order valence-electron chi connectivity index (χ1n) is 5.95. The maximum Gasteiger partial charge on any atom is 0.313 e. The molecule has 1 aliphatic carbocycles. The summed E-state index contributed by atoms with van der Waals surface area (Å²) in [6.07, 6.45) is 0.782. The van der Waals surface area contributed by atoms with Crippen LogP contribution in [0.3, 0.4) is 0 Å². The normalized spacial score (nSPS) is 21.9. The average molecular weight is 232 g/mol. The molecule has 17 heavy (non-hydrogen) atoms. The summed E-state index contributed by atoms with van der Waals surface area (Å²) < 4.78 is 4.77. The fraction of sp³-hybridized carbons (Fsp3) is 0.429. The number of ether oxygens (including phenoxy) is 1. The van der Waals surface area contributed by atoms with Crippen LogP contribution in [0, 0.1) is 5.92 Å². The van der Waals surface area contributed by atoms with Gasteiger partial charge in [-0.25, -0.2) is 0 Å². The van der Waals surface area contributed by atoms with E-state index in [1.54, 1.807) is 6.92 Å². The first-order chi connectivity index (χ1) is 8.22. The third kappa shape index (κ3) is 2.93. The van der Waals surface area contributed by atoms with Crippen molar-refractivity contribution in [1.82, 2.24) is 0 Å². The second-order valence-electron chi connectivity index (χ2n) is 4.31. The van der Waals surface area contributed by atoms with E-state index in [4.69, 9.17) is 4.74 Å². The maximum atomic E-state index is 11.8. The molecule has 1 fully saturated rings. The number of carbonyl (C=O) groups excluding carboxylic acids is 2. The Morgan fingerprint density at radius 3 is 2.65 bits per heavy atom. The van der Waals surface area contributed by atoms with Gasteiger partial charge in [0.15, 0.2) is 0 Å². The van der Waals surface area contributed by atoms with Crippen molar-refractivity contribution >= 4 is 11.8 Å². The van der Waals surface area contributed by atoms with Gasteiger partial charge < -0.3 is 4.74 Å². The molecule has 2 atom stereocenters. The minimum absolute atomic E-state index is 0.0114. The van der Waals surface area contributed by atoms with Crippen molar-refractivity contribution in [2.45, 2.75) is 25.7 Å². The van der Waals surface area contributed by atoms with E-state index in [2.05, 4.69) is 0 Å². The highest BCUT2D eigenvalue weighted by Gasteiger charge is 2.43. The molecule has 1 aromatic carbocycles. The van der Waals surface area contributed by atoms with Gasteiger partial charge in [0.2, 0.25) is 0 Å². The van der Waals surface area contributed by atoms with Crippen LogP contribution in [-0.2, 0) is 14.3 Å². The van der Waals surface area contributed by atoms with Crippen LogP contribution < -0.4 is 0 Å². The Kier molecular flexibility index (Phi) is 3.57. The smallest absolute Gasteiger partial charge is 0.313 e. The Balaban J connectivity index is 1.87. The van der Waals surface area contributed by atoms with Crippen LogP contribution >= 0.6 is 0 Å². The Hall–Kier alpha value is -1.64. The van der Waals surface area contributed by atoms with E-state index in [0.29, 0.717) is 12.5 Å². The lowest BCUT2D eigenvalue weighted by Gasteiger charge is -2.01. The molecule has 1 aliphatic rings. The summed E-state index contributed by atoms with van der Waals surface area (Å²) in [7, 11) is 0. The molecule has 0 spiro atoms. The van der Waals surface area contributed by atoms with E-state index in [-0.39, 0.29) is 18.1 Å². The molecule has 90 valence electrons. The lowest BCUT2D eigenvalue weighted by Crippen LogP contribution is -2.13. The van der Waals surface area contributed by atoms with E-state index >= 15 is 0 Å². The van der Waals surface area contributed by atoms with E-state index in [0.717, 1.165) is 6.42 Å². The molecule has 0 radical (unpaired) electrons. The van der Waals surface area contributed by atoms with E-state index in [9.17, 15) is 9.59 Å². The summed E-state index contributed by atoms with van der Waals surface area (Å²) in [6.45, 7) is 2.07. The van der Waals surface area contributed by atoms with Gasteiger partial charge in [0.25, 0.3) is 0 Å². The van der Waals surface area contributed by atoms with Gasteiger partial charge in [0.1, 0.15) is 12.2 Å². The van der Waals surface area contributed by atoms with Crippen molar-refractivity contribution in [2.24, 2.45) is 5.92 Å². The summed E-state index contributed by atoms with van der Waals surface area (Å²) in [5, 5.41) is 0. The highest BCUT2D eigenvalue weighted by Crippen LogP contribution is 2.48. The number of esters is 1. The van der Waals surface area contributed by atoms with Crippen LogP contribution in [0.15, 0.2) is 30.3 Å². The quantitative estimate of drug-likeness (QED) is 0.578. The number of hydrogen-bond acceptors (Lipinski definition) is 3. The van der Waals surface area contributed by atoms with Crippen LogP contribution in [0.4, 0.5) is 0 Å². The zero-order valence-electron chi connectivity index (χ0n) is 9.89. The summed E-state index contributed by atoms with van der Waals surface area (Å²) in [6, 6.07) is 9.97. The van der Waals surface area contributed by atoms with Crippen LogP contribution in [0.2, 0.25) is 0 Å². The van der Waals surface area contributed by atoms with Gasteiger partial charge in [-0.05, 0) is 24.8 Å². The van der Waals surface area contributed by atoms with Crippen LogP contribution in [-0.4, -0.2) is 18.4 Å². The molecule has 0 heterocycles. The van der Waals surface area contributed by atoms with Gasteiger partial charge in [-0.3, -0.25) is 9.59 Å². The van der Waals surface area contributed by atoms with Crippen molar-refractivity contribution in [3.8, 4) is 0 Å². The second kappa shape index (κ2) is 5.13. The van der Waals surface area contributed by atoms with Gasteiger partial charge in [0, 0.05) is 5.92 Å². The predicted octanol–water partition coefficient (Wildman–Crippen LogP) is 2.31. The molecule has 0 aliphatic heterocycles. The molecule has 0 N–H and O–H groups in total. The van der Waals surface area contributed by atoms with Crippen molar-refractivity contribution in [2.75, 3.05) is 6.61 Å². The lowest BCUT2D eigenvalue weighted by atomic mass is 10.1. The molecule has 3 heteroatoms. The van der Waals surface area contributed by atoms with Crippen LogP contribution in [0.1, 0.15) is 31.2 Å². The Bertz CT molecular complexity index is 411. The zero-order chi connectivity index (χ0) is 12.3. The Morgan fingerprint density at radius 1 is 1.29 bits per heavy atom. The first-order valence-corrected chi connectivity index (χ1v) is 5.95. The summed E-state index contributed by atoms with van der Waals surface area (Å²) in [5.41, 5.74) is 1.19. The van der Waals surface area contributed by atoms with Crippen molar-refractivity contribution in [3.05, 3.63) is 35.9 Å². The molecule has 1 aromatic rings. The van der Waals surface area contributed by atoms with Gasteiger partial charge in [-0.15, -0.1) is 0 Å². The van der Waals surface area contributed by atoms with Crippen molar-refractivity contribution in [1.29, 1.82) is 0 Å². The average Bonchev–Trinajstić information content (AvgIpc) is 3.10. The molecule has 0 saturated heterocycles. The number of hydrogen-bond donors (Lipinski definition) is 0. The third-order valence-electron chi connectivity index (χ3n) is 3.06. The molecular formula is C14H16O3. The highest BCUT2D eigenvalue weighted by molar-refractivity contribution is 5.98. The standard InChI is InChI=1S/C14H16O3/c1-2-17-14(16)9-13(15)12-8-11(12)10-6-4-3-5-7-10/h3-7,11-12H,2,8-9H2,1H3. The topological polar surface area (TPSA) is 43.4 Å². The fourth-order valence-corrected chi connectivity index (χ4v) is 2.10. The van der Waals surface area contributed by atoms with Crippen molar-refractivity contribution < 1.29 is 14.3 Å². The third-order valence-corrected chi connectivity index (χ3v) is 3.06. The molecule has 0 aromatic heterocycles. The van der Waals surface area contributed by atoms with Gasteiger partial charge in [-0.1, -0.05) is 30.3 Å². The first kappa shape index (κ1) is 11.8. The number of rotatable bonds is 5. The SMILES string of the molecule is CCOC(=O)CC(=O)C1CC1c1ccccc1. The van der Waals surface area contributed by atoms with E-state index < -0.39 is 5.97 Å². The number of carbonyl (C=O) groups is 2. The van der Waals surface area contributed by atoms with Crippen LogP contribution in [0.25, 0.3) is 0 Å². The monoisotopic (exact) mass is 232 g/mol. The lowest BCUT2D eigenvalue weighted by molar-refractivity contribution is -0.145. The largest absolute Gasteiger partial charge is 0.466 e. The number of benzene rings is 1. The van der Waals surface area contributed by atoms with E-state index in [1.165, 1.54) is 5.56 Å². The minimum Gasteiger partial charge on any atom is -0.466 e. The van der Waals surface area contributed by atoms with E-state index in [1.807, 2.05) is 30.3 Å². The molecule has 2 unspecified atom stereocenters. The van der Waals surface area contributed by atoms with Crippen LogP contribution in [0.5, 0.6) is 0 Å². The second-order valence-corrected chi connectivity index (χ2v) is 4.31. The number of ketones is 1. The van der Waals surface area contributed by atoms with Gasteiger partial charge >= 0.3 is 5.97 Å².